The molecule has 2 aromatic heterocycles. The van der Waals surface area contributed by atoms with Gasteiger partial charge in [-0.15, -0.1) is 0 Å². The molecule has 4 amide bonds. The first-order valence-corrected chi connectivity index (χ1v) is 9.30. The van der Waals surface area contributed by atoms with Gasteiger partial charge in [0.2, 0.25) is 11.8 Å². The molecule has 31 heavy (non-hydrogen) atoms. The number of nitrogens with one attached hydrogen (secondary N) is 1. The smallest absolute Gasteiger partial charge is 0.261 e. The standard InChI is InChI=1S/C22H17N5O4/c1-27-21(30)16-8-15(20(23)29)7-14(19(16)22(27)31)9-18(28)26-17-5-4-13(11-25-17)12-3-2-6-24-10-12/h2-8,10-11H,9H2,1H3,(H2,23,29)(H,25,26,28). The van der Waals surface area contributed by atoms with Gasteiger partial charge in [0.05, 0.1) is 17.5 Å². The van der Waals surface area contributed by atoms with Gasteiger partial charge < -0.3 is 11.1 Å². The fourth-order valence-electron chi connectivity index (χ4n) is 3.38. The molecule has 154 valence electrons. The summed E-state index contributed by atoms with van der Waals surface area (Å²) in [5.74, 6) is -1.97. The Bertz CT molecular complexity index is 1220. The van der Waals surface area contributed by atoms with Crippen molar-refractivity contribution in [1.29, 1.82) is 0 Å². The van der Waals surface area contributed by atoms with Crippen LogP contribution in [0.4, 0.5) is 5.82 Å². The van der Waals surface area contributed by atoms with Gasteiger partial charge in [0, 0.05) is 42.3 Å². The first kappa shape index (κ1) is 19.9. The summed E-state index contributed by atoms with van der Waals surface area (Å²) < 4.78 is 0. The normalized spacial score (nSPS) is 12.6. The highest BCUT2D eigenvalue weighted by Crippen LogP contribution is 2.27. The monoisotopic (exact) mass is 415 g/mol. The van der Waals surface area contributed by atoms with Gasteiger partial charge in [-0.25, -0.2) is 4.98 Å². The Labute approximate surface area is 176 Å². The number of hydrogen-bond donors (Lipinski definition) is 2. The molecule has 0 atom stereocenters. The van der Waals surface area contributed by atoms with Crippen LogP contribution >= 0.6 is 0 Å². The molecule has 0 spiro atoms. The van der Waals surface area contributed by atoms with Crippen molar-refractivity contribution in [3.8, 4) is 11.1 Å². The number of carbonyl (C=O) groups is 4. The van der Waals surface area contributed by atoms with E-state index in [1.54, 1.807) is 30.7 Å². The van der Waals surface area contributed by atoms with E-state index in [1.165, 1.54) is 19.2 Å². The van der Waals surface area contributed by atoms with E-state index in [4.69, 9.17) is 5.73 Å². The van der Waals surface area contributed by atoms with Crippen LogP contribution in [0.3, 0.4) is 0 Å². The van der Waals surface area contributed by atoms with Crippen LogP contribution in [-0.2, 0) is 11.2 Å². The fourth-order valence-corrected chi connectivity index (χ4v) is 3.38. The number of nitrogens with two attached hydrogens (primary N) is 1. The van der Waals surface area contributed by atoms with Crippen LogP contribution in [0.1, 0.15) is 36.6 Å². The molecule has 0 fully saturated rings. The van der Waals surface area contributed by atoms with E-state index < -0.39 is 23.6 Å². The number of aromatic nitrogens is 2. The van der Waals surface area contributed by atoms with Crippen molar-refractivity contribution in [1.82, 2.24) is 14.9 Å². The van der Waals surface area contributed by atoms with Gasteiger partial charge in [0.15, 0.2) is 0 Å². The summed E-state index contributed by atoms with van der Waals surface area (Å²) in [5.41, 5.74) is 7.54. The molecule has 1 aliphatic heterocycles. The molecule has 0 unspecified atom stereocenters. The largest absolute Gasteiger partial charge is 0.366 e. The van der Waals surface area contributed by atoms with Crippen molar-refractivity contribution < 1.29 is 19.2 Å². The van der Waals surface area contributed by atoms with Gasteiger partial charge >= 0.3 is 0 Å². The number of benzene rings is 1. The van der Waals surface area contributed by atoms with Gasteiger partial charge in [-0.2, -0.15) is 0 Å². The van der Waals surface area contributed by atoms with E-state index >= 15 is 0 Å². The zero-order valence-corrected chi connectivity index (χ0v) is 16.5. The van der Waals surface area contributed by atoms with Crippen LogP contribution in [0, 0.1) is 0 Å². The molecule has 1 aliphatic rings. The van der Waals surface area contributed by atoms with E-state index in [0.717, 1.165) is 16.0 Å². The average Bonchev–Trinajstić information content (AvgIpc) is 2.99. The van der Waals surface area contributed by atoms with Crippen LogP contribution < -0.4 is 11.1 Å². The summed E-state index contributed by atoms with van der Waals surface area (Å²) >= 11 is 0. The highest BCUT2D eigenvalue weighted by molar-refractivity contribution is 6.22. The summed E-state index contributed by atoms with van der Waals surface area (Å²) in [4.78, 5) is 58.2. The number of fused-ring (bicyclic) bond motifs is 1. The molecule has 3 heterocycles. The number of carbonyl (C=O) groups excluding carboxylic acids is 4. The van der Waals surface area contributed by atoms with Crippen molar-refractivity contribution in [2.45, 2.75) is 6.42 Å². The molecule has 9 nitrogen and oxygen atoms in total. The first-order valence-electron chi connectivity index (χ1n) is 9.30. The Balaban J connectivity index is 1.57. The number of amides is 4. The van der Waals surface area contributed by atoms with Gasteiger partial charge in [-0.3, -0.25) is 29.1 Å². The highest BCUT2D eigenvalue weighted by Gasteiger charge is 2.36. The average molecular weight is 415 g/mol. The number of anilines is 1. The number of nitrogens with zero attached hydrogens (tertiary/aromatic N) is 3. The maximum Gasteiger partial charge on any atom is 0.261 e. The lowest BCUT2D eigenvalue weighted by Crippen LogP contribution is -2.24. The van der Waals surface area contributed by atoms with E-state index in [0.29, 0.717) is 5.82 Å². The van der Waals surface area contributed by atoms with Crippen LogP contribution in [0.2, 0.25) is 0 Å². The fraction of sp³-hybridized carbons (Fsp3) is 0.0909. The van der Waals surface area contributed by atoms with Crippen molar-refractivity contribution >= 4 is 29.4 Å². The number of primary amides is 1. The maximum atomic E-state index is 12.6. The van der Waals surface area contributed by atoms with E-state index in [1.807, 2.05) is 12.1 Å². The Morgan fingerprint density at radius 1 is 1.06 bits per heavy atom. The van der Waals surface area contributed by atoms with E-state index in [2.05, 4.69) is 15.3 Å². The summed E-state index contributed by atoms with van der Waals surface area (Å²) in [6.07, 6.45) is 4.75. The van der Waals surface area contributed by atoms with Gasteiger partial charge in [0.25, 0.3) is 11.8 Å². The lowest BCUT2D eigenvalue weighted by atomic mass is 9.96. The van der Waals surface area contributed by atoms with Crippen molar-refractivity contribution in [2.75, 3.05) is 12.4 Å². The molecule has 1 aromatic carbocycles. The lowest BCUT2D eigenvalue weighted by Gasteiger charge is -2.10. The third-order valence-electron chi connectivity index (χ3n) is 4.93. The lowest BCUT2D eigenvalue weighted by molar-refractivity contribution is -0.115. The number of rotatable bonds is 5. The van der Waals surface area contributed by atoms with Crippen LogP contribution in [-0.4, -0.2) is 45.5 Å². The first-order chi connectivity index (χ1) is 14.8. The Morgan fingerprint density at radius 3 is 2.48 bits per heavy atom. The minimum Gasteiger partial charge on any atom is -0.366 e. The number of imide groups is 1. The summed E-state index contributed by atoms with van der Waals surface area (Å²) in [6.45, 7) is 0. The van der Waals surface area contributed by atoms with Gasteiger partial charge in [-0.05, 0) is 35.9 Å². The zero-order valence-electron chi connectivity index (χ0n) is 16.5. The molecule has 4 rings (SSSR count). The molecule has 0 saturated carbocycles. The Hall–Kier alpha value is -4.40. The summed E-state index contributed by atoms with van der Waals surface area (Å²) in [5, 5.41) is 2.65. The minimum absolute atomic E-state index is 0.0527. The van der Waals surface area contributed by atoms with Crippen LogP contribution in [0.25, 0.3) is 11.1 Å². The summed E-state index contributed by atoms with van der Waals surface area (Å²) in [7, 11) is 1.34. The second-order valence-corrected chi connectivity index (χ2v) is 6.99. The van der Waals surface area contributed by atoms with E-state index in [-0.39, 0.29) is 28.7 Å². The third-order valence-corrected chi connectivity index (χ3v) is 4.93. The highest BCUT2D eigenvalue weighted by atomic mass is 16.2. The molecule has 3 aromatic rings. The molecule has 0 radical (unpaired) electrons. The molecule has 9 heteroatoms. The van der Waals surface area contributed by atoms with Gasteiger partial charge in [0.1, 0.15) is 5.82 Å². The minimum atomic E-state index is -0.757. The predicted octanol–water partition coefficient (Wildman–Crippen LogP) is 1.65. The maximum absolute atomic E-state index is 12.6. The van der Waals surface area contributed by atoms with E-state index in [9.17, 15) is 19.2 Å². The molecular formula is C22H17N5O4. The molecule has 0 bridgehead atoms. The van der Waals surface area contributed by atoms with Crippen LogP contribution in [0.15, 0.2) is 55.0 Å². The summed E-state index contributed by atoms with van der Waals surface area (Å²) in [6, 6.07) is 9.79. The molecule has 0 aliphatic carbocycles. The third kappa shape index (κ3) is 3.76. The predicted molar refractivity (Wildman–Crippen MR) is 111 cm³/mol. The molecule has 0 saturated heterocycles. The Kier molecular flexibility index (Phi) is 5.00. The quantitative estimate of drug-likeness (QED) is 0.608. The molecule has 3 N–H and O–H groups in total. The van der Waals surface area contributed by atoms with Crippen LogP contribution in [0.5, 0.6) is 0 Å². The Morgan fingerprint density at radius 2 is 1.84 bits per heavy atom. The SMILES string of the molecule is CN1C(=O)c2cc(C(N)=O)cc(CC(=O)Nc3ccc(-c4cccnc4)cn3)c2C1=O. The molecular weight excluding hydrogens is 398 g/mol. The van der Waals surface area contributed by atoms with Gasteiger partial charge in [-0.1, -0.05) is 6.07 Å². The topological polar surface area (TPSA) is 135 Å². The zero-order chi connectivity index (χ0) is 22.1. The number of hydrogen-bond acceptors (Lipinski definition) is 6. The second kappa shape index (κ2) is 7.79. The van der Waals surface area contributed by atoms with Crippen molar-refractivity contribution in [3.05, 3.63) is 77.2 Å². The van der Waals surface area contributed by atoms with Crippen molar-refractivity contribution in [3.63, 3.8) is 0 Å². The number of pyridine rings is 2. The van der Waals surface area contributed by atoms with Crippen molar-refractivity contribution in [2.24, 2.45) is 5.73 Å². The second-order valence-electron chi connectivity index (χ2n) is 6.99.